The summed E-state index contributed by atoms with van der Waals surface area (Å²) in [6.45, 7) is 0.188. The van der Waals surface area contributed by atoms with Crippen LogP contribution in [-0.4, -0.2) is 43.6 Å². The fourth-order valence-electron chi connectivity index (χ4n) is 1.57. The van der Waals surface area contributed by atoms with Gasteiger partial charge in [-0.1, -0.05) is 0 Å². The molecule has 0 bridgehead atoms. The van der Waals surface area contributed by atoms with Crippen LogP contribution in [-0.2, 0) is 0 Å². The van der Waals surface area contributed by atoms with Crippen molar-refractivity contribution in [3.63, 3.8) is 0 Å². The zero-order chi connectivity index (χ0) is 12.8. The highest BCUT2D eigenvalue weighted by Crippen LogP contribution is 2.30. The molecule has 0 amide bonds. The smallest absolute Gasteiger partial charge is 0.148 e. The van der Waals surface area contributed by atoms with Gasteiger partial charge in [-0.15, -0.1) is 0 Å². The molecule has 0 saturated heterocycles. The summed E-state index contributed by atoms with van der Waals surface area (Å²) >= 11 is 0. The molecule has 0 aliphatic carbocycles. The molecule has 0 heterocycles. The molecular formula is C11H17FN2O3. The SMILES string of the molecule is COc1cc(N(CCO)CCO)c(F)cc1N. The number of hydrogen-bond acceptors (Lipinski definition) is 5. The van der Waals surface area contributed by atoms with E-state index in [1.165, 1.54) is 18.1 Å². The number of ether oxygens (including phenoxy) is 1. The summed E-state index contributed by atoms with van der Waals surface area (Å²) in [6, 6.07) is 2.62. The zero-order valence-electron chi connectivity index (χ0n) is 9.69. The first-order chi connectivity index (χ1) is 8.13. The Labute approximate surface area is 99.2 Å². The Morgan fingerprint density at radius 1 is 1.29 bits per heavy atom. The Hall–Kier alpha value is -1.53. The Morgan fingerprint density at radius 2 is 1.88 bits per heavy atom. The molecule has 1 rings (SSSR count). The molecule has 0 spiro atoms. The van der Waals surface area contributed by atoms with Crippen LogP contribution >= 0.6 is 0 Å². The summed E-state index contributed by atoms with van der Waals surface area (Å²) in [6.07, 6.45) is 0. The number of hydrogen-bond donors (Lipinski definition) is 3. The number of methoxy groups -OCH3 is 1. The van der Waals surface area contributed by atoms with Gasteiger partial charge in [0, 0.05) is 25.2 Å². The van der Waals surface area contributed by atoms with E-state index in [1.807, 2.05) is 0 Å². The number of nitrogens with two attached hydrogens (primary N) is 1. The van der Waals surface area contributed by atoms with Crippen molar-refractivity contribution in [3.05, 3.63) is 17.9 Å². The number of aliphatic hydroxyl groups is 2. The van der Waals surface area contributed by atoms with E-state index in [-0.39, 0.29) is 37.7 Å². The molecule has 0 saturated carbocycles. The van der Waals surface area contributed by atoms with Gasteiger partial charge >= 0.3 is 0 Å². The fraction of sp³-hybridized carbons (Fsp3) is 0.455. The molecule has 0 atom stereocenters. The molecule has 0 radical (unpaired) electrons. The van der Waals surface area contributed by atoms with Crippen molar-refractivity contribution in [2.45, 2.75) is 0 Å². The summed E-state index contributed by atoms with van der Waals surface area (Å²) in [4.78, 5) is 1.53. The number of nitrogen functional groups attached to an aromatic ring is 1. The van der Waals surface area contributed by atoms with Crippen LogP contribution in [0.15, 0.2) is 12.1 Å². The summed E-state index contributed by atoms with van der Waals surface area (Å²) in [7, 11) is 1.44. The third-order valence-corrected chi connectivity index (χ3v) is 2.38. The van der Waals surface area contributed by atoms with Crippen LogP contribution in [0.4, 0.5) is 15.8 Å². The zero-order valence-corrected chi connectivity index (χ0v) is 9.69. The van der Waals surface area contributed by atoms with E-state index in [1.54, 1.807) is 0 Å². The first kappa shape index (κ1) is 13.5. The van der Waals surface area contributed by atoms with E-state index in [2.05, 4.69) is 0 Å². The topological polar surface area (TPSA) is 79.0 Å². The Balaban J connectivity index is 3.08. The molecule has 5 nitrogen and oxygen atoms in total. The van der Waals surface area contributed by atoms with Crippen LogP contribution in [0.25, 0.3) is 0 Å². The average Bonchev–Trinajstić information content (AvgIpc) is 2.29. The lowest BCUT2D eigenvalue weighted by molar-refractivity contribution is 0.280. The van der Waals surface area contributed by atoms with Crippen molar-refractivity contribution >= 4 is 11.4 Å². The van der Waals surface area contributed by atoms with Crippen molar-refractivity contribution in [1.29, 1.82) is 0 Å². The van der Waals surface area contributed by atoms with Crippen molar-refractivity contribution in [2.24, 2.45) is 0 Å². The van der Waals surface area contributed by atoms with Crippen LogP contribution in [0.1, 0.15) is 0 Å². The summed E-state index contributed by atoms with van der Waals surface area (Å²) in [5.74, 6) is -0.146. The lowest BCUT2D eigenvalue weighted by Gasteiger charge is -2.24. The number of nitrogens with zero attached hydrogens (tertiary/aromatic N) is 1. The molecule has 0 aliphatic heterocycles. The predicted molar refractivity (Wildman–Crippen MR) is 63.7 cm³/mol. The highest BCUT2D eigenvalue weighted by atomic mass is 19.1. The summed E-state index contributed by atoms with van der Waals surface area (Å²) in [5, 5.41) is 17.8. The van der Waals surface area contributed by atoms with Gasteiger partial charge in [-0.2, -0.15) is 0 Å². The molecule has 96 valence electrons. The minimum Gasteiger partial charge on any atom is -0.495 e. The van der Waals surface area contributed by atoms with Crippen molar-refractivity contribution < 1.29 is 19.3 Å². The summed E-state index contributed by atoms with van der Waals surface area (Å²) in [5.41, 5.74) is 6.03. The second kappa shape index (κ2) is 6.27. The fourth-order valence-corrected chi connectivity index (χ4v) is 1.57. The molecule has 0 fully saturated rings. The second-order valence-corrected chi connectivity index (χ2v) is 3.48. The Kier molecular flexibility index (Phi) is 4.99. The van der Waals surface area contributed by atoms with E-state index in [0.717, 1.165) is 6.07 Å². The molecule has 6 heteroatoms. The van der Waals surface area contributed by atoms with E-state index in [9.17, 15) is 4.39 Å². The van der Waals surface area contributed by atoms with Gasteiger partial charge in [0.25, 0.3) is 0 Å². The molecule has 0 unspecified atom stereocenters. The minimum absolute atomic E-state index is 0.133. The largest absolute Gasteiger partial charge is 0.495 e. The van der Waals surface area contributed by atoms with Gasteiger partial charge in [0.05, 0.1) is 31.7 Å². The van der Waals surface area contributed by atoms with Crippen LogP contribution in [0.2, 0.25) is 0 Å². The quantitative estimate of drug-likeness (QED) is 0.623. The third kappa shape index (κ3) is 3.21. The Bertz CT molecular complexity index is 368. The minimum atomic E-state index is -0.509. The van der Waals surface area contributed by atoms with Gasteiger partial charge in [-0.05, 0) is 0 Å². The van der Waals surface area contributed by atoms with E-state index in [4.69, 9.17) is 20.7 Å². The standard InChI is InChI=1S/C11H17FN2O3/c1-17-11-7-10(8(12)6-9(11)13)14(2-4-15)3-5-16/h6-7,15-16H,2-5,13H2,1H3. The second-order valence-electron chi connectivity index (χ2n) is 3.48. The lowest BCUT2D eigenvalue weighted by Crippen LogP contribution is -2.30. The van der Waals surface area contributed by atoms with Gasteiger partial charge in [0.2, 0.25) is 0 Å². The first-order valence-corrected chi connectivity index (χ1v) is 5.23. The third-order valence-electron chi connectivity index (χ3n) is 2.38. The van der Waals surface area contributed by atoms with Gasteiger partial charge < -0.3 is 25.6 Å². The number of aliphatic hydroxyl groups excluding tert-OH is 2. The van der Waals surface area contributed by atoms with E-state index >= 15 is 0 Å². The molecule has 0 aliphatic rings. The molecule has 17 heavy (non-hydrogen) atoms. The monoisotopic (exact) mass is 244 g/mol. The van der Waals surface area contributed by atoms with Gasteiger partial charge in [-0.3, -0.25) is 0 Å². The molecule has 1 aromatic carbocycles. The molecule has 4 N–H and O–H groups in total. The lowest BCUT2D eigenvalue weighted by atomic mass is 10.2. The Morgan fingerprint density at radius 3 is 2.35 bits per heavy atom. The number of rotatable bonds is 6. The number of benzene rings is 1. The van der Waals surface area contributed by atoms with Crippen LogP contribution < -0.4 is 15.4 Å². The van der Waals surface area contributed by atoms with Crippen LogP contribution in [0.3, 0.4) is 0 Å². The van der Waals surface area contributed by atoms with E-state index in [0.29, 0.717) is 5.75 Å². The maximum atomic E-state index is 13.7. The van der Waals surface area contributed by atoms with Crippen molar-refractivity contribution in [2.75, 3.05) is 44.0 Å². The van der Waals surface area contributed by atoms with Gasteiger partial charge in [-0.25, -0.2) is 4.39 Å². The van der Waals surface area contributed by atoms with Crippen LogP contribution in [0.5, 0.6) is 5.75 Å². The average molecular weight is 244 g/mol. The van der Waals surface area contributed by atoms with Gasteiger partial charge in [0.15, 0.2) is 0 Å². The molecule has 0 aromatic heterocycles. The highest BCUT2D eigenvalue weighted by Gasteiger charge is 2.14. The highest BCUT2D eigenvalue weighted by molar-refractivity contribution is 5.63. The van der Waals surface area contributed by atoms with Gasteiger partial charge in [0.1, 0.15) is 11.6 Å². The maximum absolute atomic E-state index is 13.7. The molecule has 1 aromatic rings. The van der Waals surface area contributed by atoms with Crippen molar-refractivity contribution in [1.82, 2.24) is 0 Å². The molecular weight excluding hydrogens is 227 g/mol. The van der Waals surface area contributed by atoms with Crippen LogP contribution in [0, 0.1) is 5.82 Å². The normalized spacial score (nSPS) is 10.4. The maximum Gasteiger partial charge on any atom is 0.148 e. The predicted octanol–water partition coefficient (Wildman–Crippen LogP) is 0.208. The number of anilines is 2. The summed E-state index contributed by atoms with van der Waals surface area (Å²) < 4.78 is 18.7. The first-order valence-electron chi connectivity index (χ1n) is 5.23. The van der Waals surface area contributed by atoms with Crippen molar-refractivity contribution in [3.8, 4) is 5.75 Å². The van der Waals surface area contributed by atoms with E-state index < -0.39 is 5.82 Å². The number of halogens is 1.